The molecule has 0 fully saturated rings. The Labute approximate surface area is 339 Å². The van der Waals surface area contributed by atoms with E-state index in [1.165, 1.54) is 31.3 Å². The summed E-state index contributed by atoms with van der Waals surface area (Å²) >= 11 is 1.84. The number of para-hydroxylation sites is 2. The molecule has 4 aromatic heterocycles. The number of aryl methyl sites for hydroxylation is 1. The minimum Gasteiger partial charge on any atom is -0.309 e. The van der Waals surface area contributed by atoms with Crippen molar-refractivity contribution in [3.63, 3.8) is 0 Å². The molecule has 0 radical (unpaired) electrons. The number of fused-ring (bicyclic) bond motifs is 7. The highest BCUT2D eigenvalue weighted by Gasteiger charge is 2.20. The molecular formula is C52H35N5S. The average molecular weight is 762 g/mol. The first-order valence-electron chi connectivity index (χ1n) is 19.4. The normalized spacial score (nSPS) is 12.1. The van der Waals surface area contributed by atoms with Gasteiger partial charge in [0.05, 0.1) is 22.1 Å². The Morgan fingerprint density at radius 1 is 0.500 bits per heavy atom. The predicted octanol–water partition coefficient (Wildman–Crippen LogP) is 13.8. The summed E-state index contributed by atoms with van der Waals surface area (Å²) in [5, 5.41) is 5.94. The monoisotopic (exact) mass is 761 g/mol. The van der Waals surface area contributed by atoms with Crippen LogP contribution in [-0.2, 0) is 0 Å². The van der Waals surface area contributed by atoms with Crippen LogP contribution in [0.15, 0.2) is 183 Å². The molecule has 0 atom stereocenters. The Bertz CT molecular complexity index is 3370. The summed E-state index contributed by atoms with van der Waals surface area (Å²) < 4.78 is 5.82. The number of hydrogen-bond donors (Lipinski definition) is 0. The largest absolute Gasteiger partial charge is 0.309 e. The van der Waals surface area contributed by atoms with Crippen molar-refractivity contribution in [2.24, 2.45) is 0 Å². The van der Waals surface area contributed by atoms with E-state index in [2.05, 4.69) is 138 Å². The Kier molecular flexibility index (Phi) is 7.98. The molecule has 0 aliphatic carbocycles. The number of aromatic nitrogens is 5. The number of allylic oxidation sites excluding steroid dienone is 2. The van der Waals surface area contributed by atoms with Gasteiger partial charge in [-0.15, -0.1) is 11.3 Å². The van der Waals surface area contributed by atoms with Gasteiger partial charge in [0.2, 0.25) is 5.95 Å². The molecule has 0 aliphatic heterocycles. The van der Waals surface area contributed by atoms with Crippen LogP contribution in [0.25, 0.3) is 105 Å². The summed E-state index contributed by atoms with van der Waals surface area (Å²) in [5.41, 5.74) is 10.8. The molecule has 0 aliphatic rings. The smallest absolute Gasteiger partial charge is 0.238 e. The van der Waals surface area contributed by atoms with Crippen molar-refractivity contribution in [2.45, 2.75) is 6.92 Å². The van der Waals surface area contributed by atoms with Gasteiger partial charge in [0.25, 0.3) is 0 Å². The SMILES string of the molecule is C=C/C(=C\c1c(C)sc2ccccc12)n1c2ccccc2c2cc(-c3ccc4c(c3)c3ccccc3n4-c3nc(-c4ccccc4)nc(-c4ccccc4)n3)ccc21. The fourth-order valence-corrected chi connectivity index (χ4v) is 9.47. The molecular weight excluding hydrogens is 727 g/mol. The molecule has 0 bridgehead atoms. The third-order valence-electron chi connectivity index (χ3n) is 11.1. The van der Waals surface area contributed by atoms with E-state index < -0.39 is 0 Å². The van der Waals surface area contributed by atoms with E-state index in [-0.39, 0.29) is 0 Å². The maximum atomic E-state index is 5.11. The van der Waals surface area contributed by atoms with Gasteiger partial charge in [-0.3, -0.25) is 4.57 Å². The summed E-state index contributed by atoms with van der Waals surface area (Å²) in [4.78, 5) is 16.5. The van der Waals surface area contributed by atoms with Crippen LogP contribution in [0.1, 0.15) is 10.4 Å². The summed E-state index contributed by atoms with van der Waals surface area (Å²) in [6.07, 6.45) is 4.27. The summed E-state index contributed by atoms with van der Waals surface area (Å²) in [7, 11) is 0. The van der Waals surface area contributed by atoms with Gasteiger partial charge >= 0.3 is 0 Å². The maximum Gasteiger partial charge on any atom is 0.238 e. The van der Waals surface area contributed by atoms with Crippen LogP contribution in [0, 0.1) is 6.92 Å². The number of nitrogens with zero attached hydrogens (tertiary/aromatic N) is 5. The fraction of sp³-hybridized carbons (Fsp3) is 0.0192. The molecule has 5 nitrogen and oxygen atoms in total. The zero-order chi connectivity index (χ0) is 38.7. The highest BCUT2D eigenvalue weighted by Crippen LogP contribution is 2.40. The third-order valence-corrected chi connectivity index (χ3v) is 12.2. The van der Waals surface area contributed by atoms with Crippen molar-refractivity contribution in [1.29, 1.82) is 0 Å². The van der Waals surface area contributed by atoms with Crippen LogP contribution in [0.2, 0.25) is 0 Å². The van der Waals surface area contributed by atoms with Crippen molar-refractivity contribution in [2.75, 3.05) is 0 Å². The van der Waals surface area contributed by atoms with E-state index >= 15 is 0 Å². The van der Waals surface area contributed by atoms with Gasteiger partial charge in [-0.2, -0.15) is 9.97 Å². The van der Waals surface area contributed by atoms with Crippen molar-refractivity contribution >= 4 is 76.8 Å². The molecule has 0 unspecified atom stereocenters. The van der Waals surface area contributed by atoms with Gasteiger partial charge < -0.3 is 4.57 Å². The zero-order valence-electron chi connectivity index (χ0n) is 31.7. The first-order valence-corrected chi connectivity index (χ1v) is 20.2. The maximum absolute atomic E-state index is 5.11. The molecule has 4 heterocycles. The lowest BCUT2D eigenvalue weighted by molar-refractivity contribution is 0.953. The molecule has 11 aromatic rings. The van der Waals surface area contributed by atoms with Crippen LogP contribution in [0.3, 0.4) is 0 Å². The lowest BCUT2D eigenvalue weighted by atomic mass is 10.0. The third kappa shape index (κ3) is 5.49. The molecule has 0 N–H and O–H groups in total. The first kappa shape index (κ1) is 33.9. The van der Waals surface area contributed by atoms with Gasteiger partial charge in [-0.05, 0) is 78.2 Å². The van der Waals surface area contributed by atoms with Crippen LogP contribution in [0.5, 0.6) is 0 Å². The Balaban J connectivity index is 1.08. The summed E-state index contributed by atoms with van der Waals surface area (Å²) in [6, 6.07) is 59.7. The molecule has 274 valence electrons. The van der Waals surface area contributed by atoms with Gasteiger partial charge in [-0.1, -0.05) is 134 Å². The van der Waals surface area contributed by atoms with E-state index in [1.54, 1.807) is 0 Å². The second kappa shape index (κ2) is 13.7. The van der Waals surface area contributed by atoms with E-state index in [0.717, 1.165) is 60.8 Å². The fourth-order valence-electron chi connectivity index (χ4n) is 8.43. The molecule has 7 aromatic carbocycles. The lowest BCUT2D eigenvalue weighted by Gasteiger charge is -2.11. The second-order valence-corrected chi connectivity index (χ2v) is 15.8. The summed E-state index contributed by atoms with van der Waals surface area (Å²) in [5.74, 6) is 1.85. The molecule has 0 saturated carbocycles. The lowest BCUT2D eigenvalue weighted by Crippen LogP contribution is -2.06. The van der Waals surface area contributed by atoms with E-state index in [1.807, 2.05) is 78.1 Å². The predicted molar refractivity (Wildman–Crippen MR) is 244 cm³/mol. The number of rotatable bonds is 7. The van der Waals surface area contributed by atoms with Crippen molar-refractivity contribution in [3.8, 4) is 39.9 Å². The average Bonchev–Trinajstić information content (AvgIpc) is 3.91. The van der Waals surface area contributed by atoms with Crippen LogP contribution in [-0.4, -0.2) is 24.1 Å². The molecule has 58 heavy (non-hydrogen) atoms. The van der Waals surface area contributed by atoms with Gasteiger partial charge in [0.15, 0.2) is 11.6 Å². The Morgan fingerprint density at radius 2 is 1.00 bits per heavy atom. The first-order chi connectivity index (χ1) is 28.6. The van der Waals surface area contributed by atoms with Crippen LogP contribution in [0.4, 0.5) is 0 Å². The van der Waals surface area contributed by atoms with E-state index in [4.69, 9.17) is 15.0 Å². The van der Waals surface area contributed by atoms with Crippen molar-refractivity contribution in [1.82, 2.24) is 24.1 Å². The number of benzene rings is 7. The molecule has 11 rings (SSSR count). The number of thiophene rings is 1. The highest BCUT2D eigenvalue weighted by atomic mass is 32.1. The minimum absolute atomic E-state index is 0.581. The van der Waals surface area contributed by atoms with Crippen LogP contribution >= 0.6 is 11.3 Å². The van der Waals surface area contributed by atoms with Gasteiger partial charge in [0.1, 0.15) is 0 Å². The van der Waals surface area contributed by atoms with Crippen LogP contribution < -0.4 is 0 Å². The Hall–Kier alpha value is -7.41. The highest BCUT2D eigenvalue weighted by molar-refractivity contribution is 7.19. The number of hydrogen-bond acceptors (Lipinski definition) is 4. The van der Waals surface area contributed by atoms with Gasteiger partial charge in [-0.25, -0.2) is 4.98 Å². The minimum atomic E-state index is 0.581. The molecule has 0 spiro atoms. The molecule has 0 saturated heterocycles. The topological polar surface area (TPSA) is 48.5 Å². The Morgan fingerprint density at radius 3 is 1.66 bits per heavy atom. The van der Waals surface area contributed by atoms with Crippen molar-refractivity contribution in [3.05, 3.63) is 193 Å². The van der Waals surface area contributed by atoms with Gasteiger partial charge in [0, 0.05) is 53.3 Å². The summed E-state index contributed by atoms with van der Waals surface area (Å²) in [6.45, 7) is 6.51. The molecule has 6 heteroatoms. The molecule has 0 amide bonds. The van der Waals surface area contributed by atoms with Crippen molar-refractivity contribution < 1.29 is 0 Å². The standard InChI is InChI=1S/C52H35N5S/c1-3-38(32-42-33(2)58-49-25-15-12-22-41(42)49)56-45-23-13-10-20-39(45)43-30-36(26-28-47(43)56)37-27-29-48-44(31-37)40-21-11-14-24-46(40)57(48)52-54-50(34-16-6-4-7-17-34)53-51(55-52)35-18-8-5-9-19-35/h3-32H,1H2,2H3/b38-32+. The quantitative estimate of drug-likeness (QED) is 0.152. The van der Waals surface area contributed by atoms with E-state index in [9.17, 15) is 0 Å². The van der Waals surface area contributed by atoms with E-state index in [0.29, 0.717) is 17.6 Å². The second-order valence-electron chi connectivity index (χ2n) is 14.5. The zero-order valence-corrected chi connectivity index (χ0v) is 32.5.